The molecule has 5 heteroatoms. The van der Waals surface area contributed by atoms with Crippen LogP contribution < -0.4 is 5.32 Å². The molecule has 1 aromatic rings. The Labute approximate surface area is 172 Å². The van der Waals surface area contributed by atoms with E-state index in [0.29, 0.717) is 16.5 Å². The molecule has 4 nitrogen and oxygen atoms in total. The molecule has 0 aromatic heterocycles. The minimum atomic E-state index is -0.114. The Kier molecular flexibility index (Phi) is 4.65. The lowest BCUT2D eigenvalue weighted by Crippen LogP contribution is -2.56. The summed E-state index contributed by atoms with van der Waals surface area (Å²) in [4.78, 5) is 28.1. The van der Waals surface area contributed by atoms with Gasteiger partial charge in [-0.15, -0.1) is 0 Å². The van der Waals surface area contributed by atoms with E-state index in [1.54, 1.807) is 12.1 Å². The lowest BCUT2D eigenvalue weighted by atomic mass is 9.49. The van der Waals surface area contributed by atoms with E-state index in [1.807, 2.05) is 12.1 Å². The van der Waals surface area contributed by atoms with Crippen LogP contribution in [0.3, 0.4) is 0 Å². The second-order valence-electron chi connectivity index (χ2n) is 9.72. The Morgan fingerprint density at radius 3 is 2.11 bits per heavy atom. The summed E-state index contributed by atoms with van der Waals surface area (Å²) in [5.74, 6) is 2.69. The molecule has 6 rings (SSSR count). The number of nitrogens with zero attached hydrogens (tertiary/aromatic N) is 1. The summed E-state index contributed by atoms with van der Waals surface area (Å²) >= 11 is 6.14. The molecule has 4 bridgehead atoms. The van der Waals surface area contributed by atoms with Crippen molar-refractivity contribution in [1.29, 1.82) is 0 Å². The third-order valence-corrected chi connectivity index (χ3v) is 8.06. The highest BCUT2D eigenvalue weighted by Crippen LogP contribution is 2.60. The van der Waals surface area contributed by atoms with Crippen LogP contribution in [0.2, 0.25) is 5.02 Å². The van der Waals surface area contributed by atoms with E-state index < -0.39 is 0 Å². The van der Waals surface area contributed by atoms with Gasteiger partial charge in [0, 0.05) is 19.1 Å². The van der Waals surface area contributed by atoms with Gasteiger partial charge in [-0.3, -0.25) is 9.59 Å². The highest BCUT2D eigenvalue weighted by atomic mass is 35.5. The quantitative estimate of drug-likeness (QED) is 0.823. The van der Waals surface area contributed by atoms with Gasteiger partial charge < -0.3 is 10.2 Å². The second-order valence-corrected chi connectivity index (χ2v) is 10.1. The molecule has 0 spiro atoms. The molecule has 4 aliphatic carbocycles. The van der Waals surface area contributed by atoms with Crippen LogP contribution in [0.15, 0.2) is 24.3 Å². The molecule has 1 saturated heterocycles. The zero-order valence-electron chi connectivity index (χ0n) is 16.3. The van der Waals surface area contributed by atoms with Gasteiger partial charge in [0.2, 0.25) is 5.91 Å². The molecule has 5 fully saturated rings. The first kappa shape index (κ1) is 18.5. The van der Waals surface area contributed by atoms with Crippen LogP contribution >= 0.6 is 11.6 Å². The van der Waals surface area contributed by atoms with E-state index in [2.05, 4.69) is 10.2 Å². The van der Waals surface area contributed by atoms with E-state index in [1.165, 1.54) is 19.3 Å². The van der Waals surface area contributed by atoms with Gasteiger partial charge in [0.1, 0.15) is 0 Å². The Hall–Kier alpha value is -1.55. The first-order valence-electron chi connectivity index (χ1n) is 10.9. The summed E-state index contributed by atoms with van der Waals surface area (Å²) in [5, 5.41) is 3.59. The van der Waals surface area contributed by atoms with Crippen molar-refractivity contribution in [3.63, 3.8) is 0 Å². The van der Waals surface area contributed by atoms with E-state index in [-0.39, 0.29) is 17.4 Å². The molecule has 1 aliphatic heterocycles. The standard InChI is InChI=1S/C23H29ClN2O2/c24-20-4-2-1-3-19(20)21(27)25-18-5-7-26(8-6-18)22(28)23-12-15-9-16(13-23)11-17(10-15)14-23/h1-4,15-18H,5-14H2,(H,25,27). The summed E-state index contributed by atoms with van der Waals surface area (Å²) < 4.78 is 0. The third-order valence-electron chi connectivity index (χ3n) is 7.73. The van der Waals surface area contributed by atoms with Crippen LogP contribution in [-0.2, 0) is 4.79 Å². The van der Waals surface area contributed by atoms with E-state index in [4.69, 9.17) is 11.6 Å². The van der Waals surface area contributed by atoms with Crippen LogP contribution in [0.25, 0.3) is 0 Å². The molecule has 0 radical (unpaired) electrons. The van der Waals surface area contributed by atoms with Crippen LogP contribution in [0.1, 0.15) is 61.7 Å². The maximum Gasteiger partial charge on any atom is 0.253 e. The Morgan fingerprint density at radius 1 is 0.964 bits per heavy atom. The number of rotatable bonds is 3. The number of benzene rings is 1. The molecular weight excluding hydrogens is 372 g/mol. The topological polar surface area (TPSA) is 49.4 Å². The summed E-state index contributed by atoms with van der Waals surface area (Å²) in [5.41, 5.74) is 0.471. The number of hydrogen-bond donors (Lipinski definition) is 1. The molecule has 1 N–H and O–H groups in total. The maximum absolute atomic E-state index is 13.5. The van der Waals surface area contributed by atoms with Gasteiger partial charge in [0.25, 0.3) is 5.91 Å². The van der Waals surface area contributed by atoms with Crippen molar-refractivity contribution >= 4 is 23.4 Å². The predicted molar refractivity (Wildman–Crippen MR) is 109 cm³/mol. The normalized spacial score (nSPS) is 34.5. The average molecular weight is 401 g/mol. The smallest absolute Gasteiger partial charge is 0.253 e. The highest BCUT2D eigenvalue weighted by Gasteiger charge is 2.55. The average Bonchev–Trinajstić information content (AvgIpc) is 2.67. The molecular formula is C23H29ClN2O2. The fourth-order valence-corrected chi connectivity index (χ4v) is 7.06. The van der Waals surface area contributed by atoms with E-state index in [0.717, 1.165) is 62.9 Å². The molecule has 1 heterocycles. The van der Waals surface area contributed by atoms with Gasteiger partial charge in [0.15, 0.2) is 0 Å². The van der Waals surface area contributed by atoms with Gasteiger partial charge in [0.05, 0.1) is 16.0 Å². The third kappa shape index (κ3) is 3.24. The number of carbonyl (C=O) groups is 2. The number of likely N-dealkylation sites (tertiary alicyclic amines) is 1. The predicted octanol–water partition coefficient (Wildman–Crippen LogP) is 4.28. The molecule has 28 heavy (non-hydrogen) atoms. The number of hydrogen-bond acceptors (Lipinski definition) is 2. The van der Waals surface area contributed by atoms with Gasteiger partial charge >= 0.3 is 0 Å². The van der Waals surface area contributed by atoms with Crippen molar-refractivity contribution in [1.82, 2.24) is 10.2 Å². The van der Waals surface area contributed by atoms with E-state index in [9.17, 15) is 9.59 Å². The molecule has 4 saturated carbocycles. The van der Waals surface area contributed by atoms with Crippen molar-refractivity contribution in [3.8, 4) is 0 Å². The second kappa shape index (κ2) is 7.05. The van der Waals surface area contributed by atoms with Crippen molar-refractivity contribution in [2.75, 3.05) is 13.1 Å². The van der Waals surface area contributed by atoms with Crippen molar-refractivity contribution in [3.05, 3.63) is 34.9 Å². The summed E-state index contributed by atoms with van der Waals surface area (Å²) in [6, 6.07) is 7.26. The van der Waals surface area contributed by atoms with Crippen LogP contribution in [-0.4, -0.2) is 35.8 Å². The number of amides is 2. The van der Waals surface area contributed by atoms with Crippen molar-refractivity contribution in [2.24, 2.45) is 23.2 Å². The van der Waals surface area contributed by atoms with E-state index >= 15 is 0 Å². The number of nitrogens with one attached hydrogen (secondary N) is 1. The first-order valence-corrected chi connectivity index (χ1v) is 11.2. The molecule has 1 aromatic carbocycles. The van der Waals surface area contributed by atoms with Crippen molar-refractivity contribution in [2.45, 2.75) is 57.4 Å². The fraction of sp³-hybridized carbons (Fsp3) is 0.652. The number of halogens is 1. The first-order chi connectivity index (χ1) is 13.5. The number of carbonyl (C=O) groups excluding carboxylic acids is 2. The summed E-state index contributed by atoms with van der Waals surface area (Å²) in [6.45, 7) is 1.52. The van der Waals surface area contributed by atoms with Crippen LogP contribution in [0, 0.1) is 23.2 Å². The minimum absolute atomic E-state index is 0.0532. The fourth-order valence-electron chi connectivity index (χ4n) is 6.84. The van der Waals surface area contributed by atoms with Crippen molar-refractivity contribution < 1.29 is 9.59 Å². The Bertz CT molecular complexity index is 749. The largest absolute Gasteiger partial charge is 0.349 e. The van der Waals surface area contributed by atoms with Gasteiger partial charge in [-0.2, -0.15) is 0 Å². The van der Waals surface area contributed by atoms with Gasteiger partial charge in [-0.25, -0.2) is 0 Å². The molecule has 0 atom stereocenters. The Morgan fingerprint density at radius 2 is 1.54 bits per heavy atom. The lowest BCUT2D eigenvalue weighted by Gasteiger charge is -2.57. The molecule has 2 amide bonds. The lowest BCUT2D eigenvalue weighted by molar-refractivity contribution is -0.158. The Balaban J connectivity index is 1.19. The van der Waals surface area contributed by atoms with Crippen LogP contribution in [0.4, 0.5) is 0 Å². The maximum atomic E-state index is 13.5. The summed E-state index contributed by atoms with van der Waals surface area (Å²) in [6.07, 6.45) is 9.12. The molecule has 150 valence electrons. The van der Waals surface area contributed by atoms with Gasteiger partial charge in [-0.05, 0) is 81.3 Å². The molecule has 5 aliphatic rings. The monoisotopic (exact) mass is 400 g/mol. The minimum Gasteiger partial charge on any atom is -0.349 e. The zero-order chi connectivity index (χ0) is 19.3. The SMILES string of the molecule is O=C(NC1CCN(C(=O)C23CC4CC(CC(C4)C2)C3)CC1)c1ccccc1Cl. The number of piperidine rings is 1. The van der Waals surface area contributed by atoms with Crippen LogP contribution in [0.5, 0.6) is 0 Å². The highest BCUT2D eigenvalue weighted by molar-refractivity contribution is 6.33. The molecule has 0 unspecified atom stereocenters. The van der Waals surface area contributed by atoms with Gasteiger partial charge in [-0.1, -0.05) is 23.7 Å². The zero-order valence-corrected chi connectivity index (χ0v) is 17.1. The summed E-state index contributed by atoms with van der Waals surface area (Å²) in [7, 11) is 0.